The minimum Gasteiger partial charge on any atom is -0.363 e. The Morgan fingerprint density at radius 2 is 2.28 bits per heavy atom. The van der Waals surface area contributed by atoms with Crippen molar-refractivity contribution in [2.75, 3.05) is 19.4 Å². The van der Waals surface area contributed by atoms with Crippen LogP contribution in [0.5, 0.6) is 0 Å². The molecule has 0 unspecified atom stereocenters. The Bertz CT molecular complexity index is 574. The monoisotopic (exact) mass is 320 g/mol. The average Bonchev–Trinajstić information content (AvgIpc) is 2.86. The molecule has 0 aliphatic heterocycles. The summed E-state index contributed by atoms with van der Waals surface area (Å²) in [7, 11) is 3.88. The minimum absolute atomic E-state index is 0.673. The summed E-state index contributed by atoms with van der Waals surface area (Å²) in [5, 5.41) is 8.21. The van der Waals surface area contributed by atoms with Gasteiger partial charge in [0.05, 0.1) is 11.0 Å². The molecule has 0 aromatic carbocycles. The zero-order chi connectivity index (χ0) is 13.1. The highest BCUT2D eigenvalue weighted by Crippen LogP contribution is 2.22. The summed E-state index contributed by atoms with van der Waals surface area (Å²) >= 11 is 14.2. The van der Waals surface area contributed by atoms with Crippen LogP contribution in [0.15, 0.2) is 12.1 Å². The van der Waals surface area contributed by atoms with Gasteiger partial charge in [0.1, 0.15) is 0 Å². The summed E-state index contributed by atoms with van der Waals surface area (Å²) in [6, 6.07) is 3.96. The second-order valence-corrected chi connectivity index (χ2v) is 7.21. The highest BCUT2D eigenvalue weighted by Gasteiger charge is 2.07. The molecule has 0 amide bonds. The Balaban J connectivity index is 2.00. The molecule has 1 N–H and O–H groups in total. The molecule has 0 aliphatic carbocycles. The average molecular weight is 321 g/mol. The molecular weight excluding hydrogens is 308 g/mol. The fraction of sp³-hybridized carbons (Fsp3) is 0.400. The molecule has 2 aromatic heterocycles. The fourth-order valence-electron chi connectivity index (χ4n) is 1.48. The molecule has 2 heterocycles. The second kappa shape index (κ2) is 6.12. The quantitative estimate of drug-likeness (QED) is 0.855. The summed E-state index contributed by atoms with van der Waals surface area (Å²) in [6.07, 6.45) is 0. The van der Waals surface area contributed by atoms with Gasteiger partial charge in [-0.05, 0) is 31.4 Å². The molecule has 0 radical (unpaired) electrons. The molecule has 18 heavy (non-hydrogen) atoms. The Kier molecular flexibility index (Phi) is 4.74. The molecule has 8 heteroatoms. The lowest BCUT2D eigenvalue weighted by molar-refractivity contribution is 0.247. The first-order valence-corrected chi connectivity index (χ1v) is 7.69. The van der Waals surface area contributed by atoms with Crippen molar-refractivity contribution < 1.29 is 0 Å². The van der Waals surface area contributed by atoms with Crippen molar-refractivity contribution in [1.29, 1.82) is 0 Å². The lowest BCUT2D eigenvalue weighted by atomic mass is 10.4. The highest BCUT2D eigenvalue weighted by molar-refractivity contribution is 7.73. The first-order valence-electron chi connectivity index (χ1n) is 5.27. The summed E-state index contributed by atoms with van der Waals surface area (Å²) in [4.78, 5) is 3.38. The van der Waals surface area contributed by atoms with E-state index in [9.17, 15) is 0 Å². The molecule has 2 rings (SSSR count). The summed E-state index contributed by atoms with van der Waals surface area (Å²) < 4.78 is 3.41. The van der Waals surface area contributed by atoms with E-state index < -0.39 is 0 Å². The van der Waals surface area contributed by atoms with E-state index in [0.717, 1.165) is 20.0 Å². The minimum atomic E-state index is 0.673. The zero-order valence-electron chi connectivity index (χ0n) is 10.0. The SMILES string of the molecule is CNc1nn(CN(C)Cc2ccc(Cl)s2)c(=S)s1. The van der Waals surface area contributed by atoms with E-state index in [1.807, 2.05) is 30.9 Å². The summed E-state index contributed by atoms with van der Waals surface area (Å²) in [5.41, 5.74) is 0. The van der Waals surface area contributed by atoms with Crippen molar-refractivity contribution in [2.24, 2.45) is 0 Å². The van der Waals surface area contributed by atoms with Gasteiger partial charge in [0.15, 0.2) is 3.95 Å². The van der Waals surface area contributed by atoms with Gasteiger partial charge in [-0.1, -0.05) is 22.9 Å². The molecule has 4 nitrogen and oxygen atoms in total. The van der Waals surface area contributed by atoms with Crippen LogP contribution >= 0.6 is 46.5 Å². The number of thiophene rings is 1. The van der Waals surface area contributed by atoms with Gasteiger partial charge < -0.3 is 5.32 Å². The van der Waals surface area contributed by atoms with E-state index in [1.54, 1.807) is 11.3 Å². The third kappa shape index (κ3) is 3.52. The van der Waals surface area contributed by atoms with Gasteiger partial charge in [-0.25, -0.2) is 4.68 Å². The molecule has 0 aliphatic rings. The lowest BCUT2D eigenvalue weighted by Gasteiger charge is -2.15. The zero-order valence-corrected chi connectivity index (χ0v) is 13.2. The predicted molar refractivity (Wildman–Crippen MR) is 81.3 cm³/mol. The van der Waals surface area contributed by atoms with Crippen LogP contribution < -0.4 is 5.32 Å². The topological polar surface area (TPSA) is 33.1 Å². The third-order valence-corrected chi connectivity index (χ3v) is 4.79. The van der Waals surface area contributed by atoms with E-state index in [2.05, 4.69) is 15.3 Å². The van der Waals surface area contributed by atoms with Gasteiger partial charge in [0.2, 0.25) is 5.13 Å². The van der Waals surface area contributed by atoms with Crippen molar-refractivity contribution in [3.8, 4) is 0 Å². The van der Waals surface area contributed by atoms with Crippen molar-refractivity contribution in [3.05, 3.63) is 25.3 Å². The van der Waals surface area contributed by atoms with Gasteiger partial charge >= 0.3 is 0 Å². The van der Waals surface area contributed by atoms with Crippen LogP contribution in [0.1, 0.15) is 4.88 Å². The maximum absolute atomic E-state index is 5.91. The highest BCUT2D eigenvalue weighted by atomic mass is 35.5. The smallest absolute Gasteiger partial charge is 0.204 e. The molecule has 0 saturated carbocycles. The molecule has 2 aromatic rings. The number of nitrogens with zero attached hydrogens (tertiary/aromatic N) is 3. The van der Waals surface area contributed by atoms with Crippen molar-refractivity contribution in [3.63, 3.8) is 0 Å². The Labute approximate surface area is 124 Å². The second-order valence-electron chi connectivity index (χ2n) is 3.78. The molecule has 0 atom stereocenters. The van der Waals surface area contributed by atoms with Crippen LogP contribution in [-0.2, 0) is 13.2 Å². The molecular formula is C10H13ClN4S3. The van der Waals surface area contributed by atoms with Gasteiger partial charge in [-0.15, -0.1) is 16.4 Å². The summed E-state index contributed by atoms with van der Waals surface area (Å²) in [5.74, 6) is 0. The van der Waals surface area contributed by atoms with Crippen LogP contribution in [0.4, 0.5) is 5.13 Å². The van der Waals surface area contributed by atoms with Crippen molar-refractivity contribution >= 4 is 51.6 Å². The lowest BCUT2D eigenvalue weighted by Crippen LogP contribution is -2.22. The number of rotatable bonds is 5. The van der Waals surface area contributed by atoms with Crippen LogP contribution in [0, 0.1) is 3.95 Å². The summed E-state index contributed by atoms with van der Waals surface area (Å²) in [6.45, 7) is 1.51. The number of hydrogen-bond acceptors (Lipinski definition) is 6. The third-order valence-electron chi connectivity index (χ3n) is 2.25. The van der Waals surface area contributed by atoms with Crippen LogP contribution in [0.25, 0.3) is 0 Å². The van der Waals surface area contributed by atoms with E-state index >= 15 is 0 Å². The van der Waals surface area contributed by atoms with Gasteiger partial charge in [0.25, 0.3) is 0 Å². The number of halogens is 1. The van der Waals surface area contributed by atoms with Crippen molar-refractivity contribution in [2.45, 2.75) is 13.2 Å². The normalized spacial score (nSPS) is 11.1. The van der Waals surface area contributed by atoms with E-state index in [-0.39, 0.29) is 0 Å². The van der Waals surface area contributed by atoms with Crippen molar-refractivity contribution in [1.82, 2.24) is 14.7 Å². The van der Waals surface area contributed by atoms with E-state index in [0.29, 0.717) is 6.67 Å². The van der Waals surface area contributed by atoms with Crippen LogP contribution in [-0.4, -0.2) is 28.8 Å². The predicted octanol–water partition coefficient (Wildman–Crippen LogP) is 3.52. The van der Waals surface area contributed by atoms with E-state index in [4.69, 9.17) is 23.8 Å². The van der Waals surface area contributed by atoms with Gasteiger partial charge in [0, 0.05) is 18.5 Å². The van der Waals surface area contributed by atoms with Gasteiger partial charge in [-0.2, -0.15) is 0 Å². The van der Waals surface area contributed by atoms with E-state index in [1.165, 1.54) is 16.2 Å². The largest absolute Gasteiger partial charge is 0.363 e. The maximum atomic E-state index is 5.91. The standard InChI is InChI=1S/C10H13ClN4S3/c1-12-9-13-15(10(16)18-9)6-14(2)5-7-3-4-8(11)17-7/h3-4H,5-6H2,1-2H3,(H,12,13). The Morgan fingerprint density at radius 1 is 1.50 bits per heavy atom. The Morgan fingerprint density at radius 3 is 2.83 bits per heavy atom. The number of nitrogens with one attached hydrogen (secondary N) is 1. The number of hydrogen-bond donors (Lipinski definition) is 1. The maximum Gasteiger partial charge on any atom is 0.204 e. The molecule has 0 bridgehead atoms. The van der Waals surface area contributed by atoms with Crippen LogP contribution in [0.2, 0.25) is 4.34 Å². The number of anilines is 1. The van der Waals surface area contributed by atoms with Gasteiger partial charge in [-0.3, -0.25) is 4.90 Å². The molecule has 0 spiro atoms. The first-order chi connectivity index (χ1) is 8.58. The van der Waals surface area contributed by atoms with Crippen LogP contribution in [0.3, 0.4) is 0 Å². The molecule has 98 valence electrons. The first kappa shape index (κ1) is 14.0. The fourth-order valence-corrected chi connectivity index (χ4v) is 3.59. The Hall–Kier alpha value is -0.470. The number of aromatic nitrogens is 2. The molecule has 0 saturated heterocycles. The molecule has 0 fully saturated rings.